The first-order valence-electron chi connectivity index (χ1n) is 5.41. The van der Waals surface area contributed by atoms with Gasteiger partial charge in [0.15, 0.2) is 0 Å². The molecule has 0 aliphatic carbocycles. The third-order valence-electron chi connectivity index (χ3n) is 2.56. The molecule has 0 aliphatic heterocycles. The summed E-state index contributed by atoms with van der Waals surface area (Å²) >= 11 is 5.79. The van der Waals surface area contributed by atoms with E-state index in [9.17, 15) is 0 Å². The highest BCUT2D eigenvalue weighted by Gasteiger charge is 1.99. The van der Waals surface area contributed by atoms with Crippen LogP contribution in [0.25, 0.3) is 0 Å². The van der Waals surface area contributed by atoms with Crippen LogP contribution in [0.1, 0.15) is 18.5 Å². The summed E-state index contributed by atoms with van der Waals surface area (Å²) in [4.78, 5) is 8.09. The maximum Gasteiger partial charge on any atom is 0.0948 e. The van der Waals surface area contributed by atoms with Crippen LogP contribution in [0.15, 0.2) is 31.2 Å². The predicted octanol–water partition coefficient (Wildman–Crippen LogP) is 2.30. The van der Waals surface area contributed by atoms with Crippen molar-refractivity contribution >= 4 is 11.6 Å². The second kappa shape index (κ2) is 5.70. The Morgan fingerprint density at radius 2 is 2.00 bits per heavy atom. The zero-order valence-corrected chi connectivity index (χ0v) is 9.85. The van der Waals surface area contributed by atoms with Gasteiger partial charge in [0.2, 0.25) is 0 Å². The van der Waals surface area contributed by atoms with E-state index in [0.29, 0.717) is 5.88 Å². The highest BCUT2D eigenvalue weighted by Crippen LogP contribution is 2.05. The van der Waals surface area contributed by atoms with Crippen LogP contribution in [0, 0.1) is 0 Å². The number of rotatable bonds is 6. The van der Waals surface area contributed by atoms with Crippen LogP contribution < -0.4 is 0 Å². The zero-order chi connectivity index (χ0) is 11.2. The Bertz CT molecular complexity index is 407. The number of imidazole rings is 2. The van der Waals surface area contributed by atoms with Crippen LogP contribution in [-0.2, 0) is 19.0 Å². The molecule has 0 spiro atoms. The highest BCUT2D eigenvalue weighted by molar-refractivity contribution is 6.16. The van der Waals surface area contributed by atoms with Gasteiger partial charge in [-0.05, 0) is 12.8 Å². The molecule has 0 aromatic carbocycles. The van der Waals surface area contributed by atoms with Crippen molar-refractivity contribution in [2.45, 2.75) is 31.8 Å². The summed E-state index contributed by atoms with van der Waals surface area (Å²) in [5.74, 6) is 0.529. The van der Waals surface area contributed by atoms with Crippen LogP contribution in [0.4, 0.5) is 0 Å². The molecule has 86 valence electrons. The molecule has 0 aliphatic rings. The molecule has 0 atom stereocenters. The summed E-state index contributed by atoms with van der Waals surface area (Å²) < 4.78 is 4.21. The first-order valence-corrected chi connectivity index (χ1v) is 5.94. The van der Waals surface area contributed by atoms with Gasteiger partial charge in [-0.1, -0.05) is 0 Å². The van der Waals surface area contributed by atoms with Crippen molar-refractivity contribution in [3.05, 3.63) is 36.9 Å². The van der Waals surface area contributed by atoms with Crippen LogP contribution in [0.5, 0.6) is 0 Å². The first-order chi connectivity index (χ1) is 7.90. The van der Waals surface area contributed by atoms with E-state index < -0.39 is 0 Å². The molecular weight excluding hydrogens is 224 g/mol. The molecular formula is C11H15ClN4. The Labute approximate surface area is 99.9 Å². The second-order valence-corrected chi connectivity index (χ2v) is 3.99. The van der Waals surface area contributed by atoms with Crippen LogP contribution in [0.3, 0.4) is 0 Å². The molecule has 4 nitrogen and oxygen atoms in total. The Kier molecular flexibility index (Phi) is 3.99. The van der Waals surface area contributed by atoms with Gasteiger partial charge in [-0.3, -0.25) is 0 Å². The lowest BCUT2D eigenvalue weighted by atomic mass is 10.3. The van der Waals surface area contributed by atoms with E-state index in [-0.39, 0.29) is 0 Å². The molecule has 2 aromatic rings. The van der Waals surface area contributed by atoms with Crippen molar-refractivity contribution < 1.29 is 0 Å². The molecule has 2 heterocycles. The lowest BCUT2D eigenvalue weighted by Gasteiger charge is -2.06. The number of nitrogens with zero attached hydrogens (tertiary/aromatic N) is 4. The summed E-state index contributed by atoms with van der Waals surface area (Å²) in [5, 5.41) is 0. The van der Waals surface area contributed by atoms with Gasteiger partial charge < -0.3 is 9.13 Å². The summed E-state index contributed by atoms with van der Waals surface area (Å²) in [6, 6.07) is 0. The molecule has 0 N–H and O–H groups in total. The van der Waals surface area contributed by atoms with E-state index in [1.807, 2.05) is 31.2 Å². The number of alkyl halides is 1. The molecule has 0 bridgehead atoms. The maximum atomic E-state index is 5.79. The number of halogens is 1. The van der Waals surface area contributed by atoms with Gasteiger partial charge in [0.1, 0.15) is 0 Å². The Morgan fingerprint density at radius 3 is 2.75 bits per heavy atom. The normalized spacial score (nSPS) is 10.8. The topological polar surface area (TPSA) is 35.6 Å². The summed E-state index contributed by atoms with van der Waals surface area (Å²) in [6.07, 6.45) is 11.6. The van der Waals surface area contributed by atoms with Crippen LogP contribution in [0.2, 0.25) is 0 Å². The fraction of sp³-hybridized carbons (Fsp3) is 0.455. The largest absolute Gasteiger partial charge is 0.337 e. The third kappa shape index (κ3) is 2.85. The molecule has 0 unspecified atom stereocenters. The van der Waals surface area contributed by atoms with Crippen LogP contribution in [-0.4, -0.2) is 19.1 Å². The molecule has 2 aromatic heterocycles. The minimum atomic E-state index is 0.529. The van der Waals surface area contributed by atoms with Crippen molar-refractivity contribution in [1.29, 1.82) is 0 Å². The number of hydrogen-bond acceptors (Lipinski definition) is 2. The fourth-order valence-corrected chi connectivity index (χ4v) is 1.88. The predicted molar refractivity (Wildman–Crippen MR) is 63.2 cm³/mol. The van der Waals surface area contributed by atoms with Gasteiger partial charge in [-0.25, -0.2) is 9.97 Å². The van der Waals surface area contributed by atoms with Crippen molar-refractivity contribution in [1.82, 2.24) is 19.1 Å². The van der Waals surface area contributed by atoms with E-state index in [4.69, 9.17) is 11.6 Å². The van der Waals surface area contributed by atoms with Gasteiger partial charge in [0.25, 0.3) is 0 Å². The van der Waals surface area contributed by atoms with Crippen molar-refractivity contribution in [2.24, 2.45) is 0 Å². The van der Waals surface area contributed by atoms with E-state index in [0.717, 1.165) is 31.6 Å². The van der Waals surface area contributed by atoms with Crippen molar-refractivity contribution in [3.63, 3.8) is 0 Å². The SMILES string of the molecule is ClCc1cncn1CCCCn1ccnc1. The lowest BCUT2D eigenvalue weighted by molar-refractivity contribution is 0.546. The van der Waals surface area contributed by atoms with Gasteiger partial charge in [-0.2, -0.15) is 0 Å². The molecule has 0 radical (unpaired) electrons. The first kappa shape index (κ1) is 11.2. The average molecular weight is 239 g/mol. The molecule has 0 amide bonds. The standard InChI is InChI=1S/C11H15ClN4/c12-7-11-8-14-10-16(11)5-2-1-4-15-6-3-13-9-15/h3,6,8-10H,1-2,4-5,7H2. The number of hydrogen-bond donors (Lipinski definition) is 0. The van der Waals surface area contributed by atoms with Crippen LogP contribution >= 0.6 is 11.6 Å². The van der Waals surface area contributed by atoms with Gasteiger partial charge >= 0.3 is 0 Å². The second-order valence-electron chi connectivity index (χ2n) is 3.72. The minimum absolute atomic E-state index is 0.529. The van der Waals surface area contributed by atoms with Gasteiger partial charge in [0, 0.05) is 31.7 Å². The third-order valence-corrected chi connectivity index (χ3v) is 2.83. The lowest BCUT2D eigenvalue weighted by Crippen LogP contribution is -2.02. The fourth-order valence-electron chi connectivity index (χ4n) is 1.66. The van der Waals surface area contributed by atoms with Gasteiger partial charge in [0.05, 0.1) is 24.2 Å². The molecule has 2 rings (SSSR count). The van der Waals surface area contributed by atoms with E-state index in [2.05, 4.69) is 19.1 Å². The Hall–Kier alpha value is -1.29. The number of aromatic nitrogens is 4. The highest BCUT2D eigenvalue weighted by atomic mass is 35.5. The molecule has 16 heavy (non-hydrogen) atoms. The molecule has 0 saturated heterocycles. The number of aryl methyl sites for hydroxylation is 2. The summed E-state index contributed by atoms with van der Waals surface area (Å²) in [5.41, 5.74) is 1.09. The quantitative estimate of drug-likeness (QED) is 0.572. The molecule has 0 fully saturated rings. The van der Waals surface area contributed by atoms with E-state index in [1.54, 1.807) is 0 Å². The summed E-state index contributed by atoms with van der Waals surface area (Å²) in [7, 11) is 0. The molecule has 5 heteroatoms. The smallest absolute Gasteiger partial charge is 0.0948 e. The Balaban J connectivity index is 1.72. The van der Waals surface area contributed by atoms with Crippen molar-refractivity contribution in [3.8, 4) is 0 Å². The monoisotopic (exact) mass is 238 g/mol. The zero-order valence-electron chi connectivity index (χ0n) is 9.09. The van der Waals surface area contributed by atoms with Crippen molar-refractivity contribution in [2.75, 3.05) is 0 Å². The van der Waals surface area contributed by atoms with E-state index >= 15 is 0 Å². The van der Waals surface area contributed by atoms with Gasteiger partial charge in [-0.15, -0.1) is 11.6 Å². The average Bonchev–Trinajstić information content (AvgIpc) is 2.95. The minimum Gasteiger partial charge on any atom is -0.337 e. The summed E-state index contributed by atoms with van der Waals surface area (Å²) in [6.45, 7) is 2.00. The van der Waals surface area contributed by atoms with E-state index in [1.165, 1.54) is 0 Å². The number of unbranched alkanes of at least 4 members (excludes halogenated alkanes) is 1. The maximum absolute atomic E-state index is 5.79. The molecule has 0 saturated carbocycles. The Morgan fingerprint density at radius 1 is 1.12 bits per heavy atom.